The molecule has 15 heavy (non-hydrogen) atoms. The van der Waals surface area contributed by atoms with Crippen LogP contribution in [-0.2, 0) is 0 Å². The second-order valence-electron chi connectivity index (χ2n) is 3.83. The predicted octanol–water partition coefficient (Wildman–Crippen LogP) is 4.11. The lowest BCUT2D eigenvalue weighted by Gasteiger charge is -2.04. The topological polar surface area (TPSA) is 0 Å². The van der Waals surface area contributed by atoms with E-state index in [0.29, 0.717) is 5.56 Å². The van der Waals surface area contributed by atoms with Gasteiger partial charge in [0.15, 0.2) is 0 Å². The standard InChI is InChI=1S/C14H13F/c1-10-4-3-5-12(8-10)13-6-7-14(15)11(2)9-13/h3-9H,1-2H3. The fraction of sp³-hybridized carbons (Fsp3) is 0.143. The third-order valence-electron chi connectivity index (χ3n) is 2.51. The second kappa shape index (κ2) is 3.85. The Bertz CT molecular complexity index is 486. The molecule has 0 fully saturated rings. The molecule has 0 atom stereocenters. The molecule has 0 aliphatic heterocycles. The van der Waals surface area contributed by atoms with Crippen LogP contribution in [0.5, 0.6) is 0 Å². The highest BCUT2D eigenvalue weighted by molar-refractivity contribution is 5.64. The van der Waals surface area contributed by atoms with Crippen molar-refractivity contribution in [3.05, 3.63) is 59.4 Å². The van der Waals surface area contributed by atoms with Crippen molar-refractivity contribution in [1.82, 2.24) is 0 Å². The SMILES string of the molecule is Cc1cccc(-c2ccc(F)c(C)c2)c1. The van der Waals surface area contributed by atoms with Crippen LogP contribution in [-0.4, -0.2) is 0 Å². The van der Waals surface area contributed by atoms with Crippen molar-refractivity contribution in [2.24, 2.45) is 0 Å². The first-order valence-corrected chi connectivity index (χ1v) is 5.00. The van der Waals surface area contributed by atoms with Crippen LogP contribution in [0.4, 0.5) is 4.39 Å². The van der Waals surface area contributed by atoms with Gasteiger partial charge in [0.05, 0.1) is 0 Å². The van der Waals surface area contributed by atoms with E-state index in [1.165, 1.54) is 11.6 Å². The average molecular weight is 200 g/mol. The van der Waals surface area contributed by atoms with Crippen molar-refractivity contribution in [2.45, 2.75) is 13.8 Å². The lowest BCUT2D eigenvalue weighted by Crippen LogP contribution is -1.84. The Hall–Kier alpha value is -1.63. The van der Waals surface area contributed by atoms with E-state index < -0.39 is 0 Å². The van der Waals surface area contributed by atoms with Gasteiger partial charge in [-0.1, -0.05) is 35.9 Å². The summed E-state index contributed by atoms with van der Waals surface area (Å²) in [5.41, 5.74) is 4.11. The van der Waals surface area contributed by atoms with Crippen LogP contribution in [0.3, 0.4) is 0 Å². The van der Waals surface area contributed by atoms with Gasteiger partial charge in [0.1, 0.15) is 5.82 Å². The first-order chi connectivity index (χ1) is 7.16. The zero-order chi connectivity index (χ0) is 10.8. The number of halogens is 1. The van der Waals surface area contributed by atoms with E-state index in [0.717, 1.165) is 11.1 Å². The molecule has 0 heterocycles. The third kappa shape index (κ3) is 2.07. The van der Waals surface area contributed by atoms with Crippen molar-refractivity contribution in [3.8, 4) is 11.1 Å². The molecule has 0 spiro atoms. The molecule has 2 aromatic carbocycles. The average Bonchev–Trinajstić information content (AvgIpc) is 2.22. The van der Waals surface area contributed by atoms with Crippen LogP contribution in [0, 0.1) is 19.7 Å². The van der Waals surface area contributed by atoms with E-state index in [1.54, 1.807) is 6.92 Å². The zero-order valence-corrected chi connectivity index (χ0v) is 8.92. The highest BCUT2D eigenvalue weighted by atomic mass is 19.1. The van der Waals surface area contributed by atoms with Crippen LogP contribution in [0.2, 0.25) is 0 Å². The smallest absolute Gasteiger partial charge is 0.126 e. The molecule has 0 amide bonds. The molecule has 0 saturated carbocycles. The van der Waals surface area contributed by atoms with Crippen molar-refractivity contribution < 1.29 is 4.39 Å². The van der Waals surface area contributed by atoms with E-state index >= 15 is 0 Å². The van der Waals surface area contributed by atoms with E-state index in [4.69, 9.17) is 0 Å². The van der Waals surface area contributed by atoms with Crippen LogP contribution < -0.4 is 0 Å². The Morgan fingerprint density at radius 3 is 2.27 bits per heavy atom. The molecule has 0 bridgehead atoms. The maximum atomic E-state index is 13.1. The maximum absolute atomic E-state index is 13.1. The fourth-order valence-electron chi connectivity index (χ4n) is 1.65. The molecule has 0 nitrogen and oxygen atoms in total. The lowest BCUT2D eigenvalue weighted by atomic mass is 10.0. The van der Waals surface area contributed by atoms with Crippen molar-refractivity contribution in [1.29, 1.82) is 0 Å². The van der Waals surface area contributed by atoms with E-state index in [9.17, 15) is 4.39 Å². The van der Waals surface area contributed by atoms with Gasteiger partial charge in [-0.15, -0.1) is 0 Å². The van der Waals surface area contributed by atoms with E-state index in [2.05, 4.69) is 19.1 Å². The third-order valence-corrected chi connectivity index (χ3v) is 2.51. The molecular formula is C14H13F. The van der Waals surface area contributed by atoms with Gasteiger partial charge in [0, 0.05) is 0 Å². The normalized spacial score (nSPS) is 10.3. The van der Waals surface area contributed by atoms with Crippen molar-refractivity contribution >= 4 is 0 Å². The minimum atomic E-state index is -0.147. The number of hydrogen-bond donors (Lipinski definition) is 0. The summed E-state index contributed by atoms with van der Waals surface area (Å²) in [4.78, 5) is 0. The lowest BCUT2D eigenvalue weighted by molar-refractivity contribution is 0.619. The highest BCUT2D eigenvalue weighted by Crippen LogP contribution is 2.22. The fourth-order valence-corrected chi connectivity index (χ4v) is 1.65. The summed E-state index contributed by atoms with van der Waals surface area (Å²) in [5.74, 6) is -0.147. The molecule has 1 heteroatoms. The maximum Gasteiger partial charge on any atom is 0.126 e. The van der Waals surface area contributed by atoms with E-state index in [-0.39, 0.29) is 5.82 Å². The number of aryl methyl sites for hydroxylation is 2. The van der Waals surface area contributed by atoms with Crippen LogP contribution in [0.1, 0.15) is 11.1 Å². The van der Waals surface area contributed by atoms with Crippen LogP contribution >= 0.6 is 0 Å². The first-order valence-electron chi connectivity index (χ1n) is 5.00. The van der Waals surface area contributed by atoms with Gasteiger partial charge in [-0.2, -0.15) is 0 Å². The molecule has 0 saturated heterocycles. The first kappa shape index (κ1) is 9.91. The van der Waals surface area contributed by atoms with Gasteiger partial charge in [0.2, 0.25) is 0 Å². The number of rotatable bonds is 1. The van der Waals surface area contributed by atoms with Crippen molar-refractivity contribution in [3.63, 3.8) is 0 Å². The van der Waals surface area contributed by atoms with E-state index in [1.807, 2.05) is 24.3 Å². The Balaban J connectivity index is 2.50. The van der Waals surface area contributed by atoms with Gasteiger partial charge in [-0.25, -0.2) is 4.39 Å². The van der Waals surface area contributed by atoms with Crippen molar-refractivity contribution in [2.75, 3.05) is 0 Å². The Kier molecular flexibility index (Phi) is 2.55. The molecular weight excluding hydrogens is 187 g/mol. The summed E-state index contributed by atoms with van der Waals surface area (Å²) in [6.07, 6.45) is 0. The molecule has 0 radical (unpaired) electrons. The highest BCUT2D eigenvalue weighted by Gasteiger charge is 2.01. The van der Waals surface area contributed by atoms with Gasteiger partial charge in [0.25, 0.3) is 0 Å². The minimum Gasteiger partial charge on any atom is -0.207 e. The number of hydrogen-bond acceptors (Lipinski definition) is 0. The number of benzene rings is 2. The summed E-state index contributed by atoms with van der Waals surface area (Å²) in [6, 6.07) is 13.4. The summed E-state index contributed by atoms with van der Waals surface area (Å²) in [7, 11) is 0. The molecule has 2 aromatic rings. The predicted molar refractivity (Wildman–Crippen MR) is 61.3 cm³/mol. The monoisotopic (exact) mass is 200 g/mol. The van der Waals surface area contributed by atoms with Crippen LogP contribution in [0.25, 0.3) is 11.1 Å². The Labute approximate surface area is 89.4 Å². The van der Waals surface area contributed by atoms with Gasteiger partial charge in [-0.3, -0.25) is 0 Å². The summed E-state index contributed by atoms with van der Waals surface area (Å²) < 4.78 is 13.1. The van der Waals surface area contributed by atoms with Crippen LogP contribution in [0.15, 0.2) is 42.5 Å². The Morgan fingerprint density at radius 2 is 1.60 bits per heavy atom. The van der Waals surface area contributed by atoms with Gasteiger partial charge < -0.3 is 0 Å². The molecule has 0 aliphatic carbocycles. The van der Waals surface area contributed by atoms with Gasteiger partial charge >= 0.3 is 0 Å². The minimum absolute atomic E-state index is 0.147. The summed E-state index contributed by atoms with van der Waals surface area (Å²) >= 11 is 0. The largest absolute Gasteiger partial charge is 0.207 e. The summed E-state index contributed by atoms with van der Waals surface area (Å²) in [6.45, 7) is 3.84. The molecule has 0 N–H and O–H groups in total. The molecule has 76 valence electrons. The quantitative estimate of drug-likeness (QED) is 0.649. The molecule has 0 aliphatic rings. The molecule has 0 aromatic heterocycles. The molecule has 0 unspecified atom stereocenters. The van der Waals surface area contributed by atoms with Gasteiger partial charge in [-0.05, 0) is 42.7 Å². The second-order valence-corrected chi connectivity index (χ2v) is 3.83. The molecule has 2 rings (SSSR count). The summed E-state index contributed by atoms with van der Waals surface area (Å²) in [5, 5.41) is 0. The Morgan fingerprint density at radius 1 is 0.867 bits per heavy atom. The zero-order valence-electron chi connectivity index (χ0n) is 8.92.